The first-order chi connectivity index (χ1) is 5.90. The largest absolute Gasteiger partial charge is 0.497 e. The number of ether oxygens (including phenoxy) is 1. The van der Waals surface area contributed by atoms with Crippen LogP contribution >= 0.6 is 0 Å². The fourth-order valence-corrected chi connectivity index (χ4v) is 1.21. The summed E-state index contributed by atoms with van der Waals surface area (Å²) in [5.41, 5.74) is 2.29. The average molecular weight is 162 g/mol. The minimum absolute atomic E-state index is 0.756. The number of hydrogen-bond acceptors (Lipinski definition) is 3. The molecule has 2 rings (SSSR count). The Kier molecular flexibility index (Phi) is 1.70. The molecular formula is C9H10N2O. The summed E-state index contributed by atoms with van der Waals surface area (Å²) in [5.74, 6) is 0.872. The number of hydrogen-bond donors (Lipinski definition) is 1. The van der Waals surface area contributed by atoms with Gasteiger partial charge in [0.05, 0.1) is 20.0 Å². The van der Waals surface area contributed by atoms with E-state index in [0.29, 0.717) is 0 Å². The van der Waals surface area contributed by atoms with Crippen molar-refractivity contribution in [1.29, 1.82) is 0 Å². The lowest BCUT2D eigenvalue weighted by Gasteiger charge is -2.12. The van der Waals surface area contributed by atoms with Crippen molar-refractivity contribution >= 4 is 12.0 Å². The van der Waals surface area contributed by atoms with Crippen LogP contribution < -0.4 is 10.1 Å². The maximum atomic E-state index is 5.10. The van der Waals surface area contributed by atoms with E-state index in [-0.39, 0.29) is 0 Å². The van der Waals surface area contributed by atoms with Crippen LogP contribution in [0.3, 0.4) is 0 Å². The van der Waals surface area contributed by atoms with Crippen molar-refractivity contribution in [1.82, 2.24) is 0 Å². The molecule has 0 aliphatic carbocycles. The molecule has 1 aromatic carbocycles. The Morgan fingerprint density at radius 1 is 1.50 bits per heavy atom. The van der Waals surface area contributed by atoms with Crippen LogP contribution in [-0.4, -0.2) is 13.4 Å². The quantitative estimate of drug-likeness (QED) is 0.681. The number of nitrogens with zero attached hydrogens (tertiary/aromatic N) is 1. The Balaban J connectivity index is 2.39. The van der Waals surface area contributed by atoms with Gasteiger partial charge >= 0.3 is 0 Å². The predicted molar refractivity (Wildman–Crippen MR) is 48.8 cm³/mol. The number of benzene rings is 1. The fourth-order valence-electron chi connectivity index (χ4n) is 1.21. The lowest BCUT2D eigenvalue weighted by atomic mass is 10.1. The molecule has 1 aromatic rings. The normalized spacial score (nSPS) is 13.4. The summed E-state index contributed by atoms with van der Waals surface area (Å²) in [6, 6.07) is 5.94. The first kappa shape index (κ1) is 7.16. The van der Waals surface area contributed by atoms with Gasteiger partial charge in [-0.25, -0.2) is 0 Å². The molecule has 1 aliphatic heterocycles. The lowest BCUT2D eigenvalue weighted by molar-refractivity contribution is 0.415. The van der Waals surface area contributed by atoms with Crippen LogP contribution in [0.5, 0.6) is 5.75 Å². The molecule has 1 N–H and O–H groups in total. The molecule has 0 fully saturated rings. The van der Waals surface area contributed by atoms with E-state index in [9.17, 15) is 0 Å². The van der Waals surface area contributed by atoms with E-state index in [1.807, 2.05) is 18.2 Å². The fraction of sp³-hybridized carbons (Fsp3) is 0.222. The van der Waals surface area contributed by atoms with E-state index >= 15 is 0 Å². The predicted octanol–water partition coefficient (Wildman–Crippen LogP) is 1.65. The van der Waals surface area contributed by atoms with Crippen LogP contribution in [0.25, 0.3) is 0 Å². The molecule has 3 nitrogen and oxygen atoms in total. The number of nitrogens with one attached hydrogen (secondary N) is 1. The summed E-state index contributed by atoms with van der Waals surface area (Å²) >= 11 is 0. The minimum atomic E-state index is 0.756. The van der Waals surface area contributed by atoms with Crippen molar-refractivity contribution in [2.24, 2.45) is 4.99 Å². The van der Waals surface area contributed by atoms with E-state index in [4.69, 9.17) is 4.74 Å². The molecule has 0 saturated heterocycles. The van der Waals surface area contributed by atoms with E-state index in [1.54, 1.807) is 13.4 Å². The van der Waals surface area contributed by atoms with Crippen molar-refractivity contribution in [3.63, 3.8) is 0 Å². The highest BCUT2D eigenvalue weighted by Gasteiger charge is 2.05. The summed E-state index contributed by atoms with van der Waals surface area (Å²) in [7, 11) is 1.67. The molecule has 0 bridgehead atoms. The third kappa shape index (κ3) is 1.13. The van der Waals surface area contributed by atoms with Gasteiger partial charge in [-0.1, -0.05) is 6.07 Å². The van der Waals surface area contributed by atoms with Crippen LogP contribution in [-0.2, 0) is 6.54 Å². The maximum absolute atomic E-state index is 5.10. The zero-order chi connectivity index (χ0) is 8.39. The summed E-state index contributed by atoms with van der Waals surface area (Å²) in [5, 5.41) is 3.07. The number of anilines is 1. The second kappa shape index (κ2) is 2.85. The molecule has 1 aliphatic rings. The molecule has 0 amide bonds. The Morgan fingerprint density at radius 3 is 3.25 bits per heavy atom. The van der Waals surface area contributed by atoms with Crippen LogP contribution in [0.4, 0.5) is 5.69 Å². The summed E-state index contributed by atoms with van der Waals surface area (Å²) < 4.78 is 5.10. The van der Waals surface area contributed by atoms with Gasteiger partial charge in [0.25, 0.3) is 0 Å². The minimum Gasteiger partial charge on any atom is -0.497 e. The van der Waals surface area contributed by atoms with E-state index in [0.717, 1.165) is 18.0 Å². The topological polar surface area (TPSA) is 33.6 Å². The molecule has 0 atom stereocenters. The van der Waals surface area contributed by atoms with E-state index < -0.39 is 0 Å². The average Bonchev–Trinajstić information content (AvgIpc) is 2.17. The van der Waals surface area contributed by atoms with Crippen molar-refractivity contribution in [2.45, 2.75) is 6.54 Å². The molecule has 0 spiro atoms. The van der Waals surface area contributed by atoms with Gasteiger partial charge in [0.2, 0.25) is 0 Å². The molecule has 0 saturated carbocycles. The third-order valence-corrected chi connectivity index (χ3v) is 1.89. The highest BCUT2D eigenvalue weighted by atomic mass is 16.5. The second-order valence-corrected chi connectivity index (χ2v) is 2.64. The van der Waals surface area contributed by atoms with Gasteiger partial charge in [0.1, 0.15) is 5.75 Å². The standard InChI is InChI=1S/C9H10N2O/c1-12-8-3-2-7-5-10-6-11-9(7)4-8/h2-4,6H,5H2,1H3,(H,10,11). The SMILES string of the molecule is COc1ccc2c(c1)NC=NC2. The first-order valence-electron chi connectivity index (χ1n) is 3.82. The molecule has 3 heteroatoms. The van der Waals surface area contributed by atoms with Crippen LogP contribution in [0.15, 0.2) is 23.2 Å². The maximum Gasteiger partial charge on any atom is 0.120 e. The van der Waals surface area contributed by atoms with Crippen molar-refractivity contribution in [2.75, 3.05) is 12.4 Å². The second-order valence-electron chi connectivity index (χ2n) is 2.64. The molecule has 1 heterocycles. The molecule has 0 radical (unpaired) electrons. The lowest BCUT2D eigenvalue weighted by Crippen LogP contribution is -2.04. The molecule has 12 heavy (non-hydrogen) atoms. The Hall–Kier alpha value is -1.51. The number of rotatable bonds is 1. The van der Waals surface area contributed by atoms with Gasteiger partial charge in [0, 0.05) is 11.8 Å². The van der Waals surface area contributed by atoms with Gasteiger partial charge in [-0.05, 0) is 11.6 Å². The molecular weight excluding hydrogens is 152 g/mol. The number of fused-ring (bicyclic) bond motifs is 1. The van der Waals surface area contributed by atoms with Gasteiger partial charge in [-0.2, -0.15) is 0 Å². The highest BCUT2D eigenvalue weighted by Crippen LogP contribution is 2.24. The third-order valence-electron chi connectivity index (χ3n) is 1.89. The van der Waals surface area contributed by atoms with Crippen LogP contribution in [0, 0.1) is 0 Å². The van der Waals surface area contributed by atoms with Gasteiger partial charge < -0.3 is 10.1 Å². The number of methoxy groups -OCH3 is 1. The van der Waals surface area contributed by atoms with Crippen LogP contribution in [0.1, 0.15) is 5.56 Å². The Labute approximate surface area is 71.1 Å². The van der Waals surface area contributed by atoms with E-state index in [1.165, 1.54) is 5.56 Å². The highest BCUT2D eigenvalue weighted by molar-refractivity contribution is 5.80. The smallest absolute Gasteiger partial charge is 0.120 e. The van der Waals surface area contributed by atoms with Crippen molar-refractivity contribution in [3.05, 3.63) is 23.8 Å². The Morgan fingerprint density at radius 2 is 2.42 bits per heavy atom. The van der Waals surface area contributed by atoms with Gasteiger partial charge in [-0.15, -0.1) is 0 Å². The summed E-state index contributed by atoms with van der Waals surface area (Å²) in [6.45, 7) is 0.756. The van der Waals surface area contributed by atoms with Gasteiger partial charge in [-0.3, -0.25) is 4.99 Å². The zero-order valence-corrected chi connectivity index (χ0v) is 6.87. The zero-order valence-electron chi connectivity index (χ0n) is 6.87. The van der Waals surface area contributed by atoms with Crippen molar-refractivity contribution in [3.8, 4) is 5.75 Å². The number of aliphatic imine (C=N–C) groups is 1. The molecule has 62 valence electrons. The Bertz CT molecular complexity index is 320. The van der Waals surface area contributed by atoms with E-state index in [2.05, 4.69) is 10.3 Å². The summed E-state index contributed by atoms with van der Waals surface area (Å²) in [4.78, 5) is 4.10. The van der Waals surface area contributed by atoms with Gasteiger partial charge in [0.15, 0.2) is 0 Å². The van der Waals surface area contributed by atoms with Crippen molar-refractivity contribution < 1.29 is 4.74 Å². The van der Waals surface area contributed by atoms with Crippen LogP contribution in [0.2, 0.25) is 0 Å². The monoisotopic (exact) mass is 162 g/mol. The first-order valence-corrected chi connectivity index (χ1v) is 3.82. The summed E-state index contributed by atoms with van der Waals surface area (Å²) in [6.07, 6.45) is 1.71. The molecule has 0 aromatic heterocycles. The molecule has 0 unspecified atom stereocenters.